The van der Waals surface area contributed by atoms with Crippen molar-refractivity contribution in [3.8, 4) is 0 Å². The maximum Gasteiger partial charge on any atom is 0.303 e. The van der Waals surface area contributed by atoms with E-state index in [1.54, 1.807) is 24.3 Å². The lowest BCUT2D eigenvalue weighted by Gasteiger charge is -2.21. The summed E-state index contributed by atoms with van der Waals surface area (Å²) in [5.74, 6) is -0.535. The first-order valence-electron chi connectivity index (χ1n) is 7.08. The number of carboxylic acid groups (broad SMARTS) is 1. The van der Waals surface area contributed by atoms with Crippen LogP contribution in [0.5, 0.6) is 0 Å². The van der Waals surface area contributed by atoms with Crippen LogP contribution in [-0.4, -0.2) is 38.5 Å². The highest BCUT2D eigenvalue weighted by Gasteiger charge is 2.23. The zero-order chi connectivity index (χ0) is 15.3. The fourth-order valence-corrected chi connectivity index (χ4v) is 4.13. The van der Waals surface area contributed by atoms with E-state index in [-0.39, 0.29) is 18.1 Å². The van der Waals surface area contributed by atoms with Crippen LogP contribution in [0.1, 0.15) is 24.8 Å². The van der Waals surface area contributed by atoms with Gasteiger partial charge < -0.3 is 9.84 Å². The minimum absolute atomic E-state index is 0.0498. The van der Waals surface area contributed by atoms with Crippen molar-refractivity contribution in [2.75, 3.05) is 19.0 Å². The quantitative estimate of drug-likeness (QED) is 0.868. The van der Waals surface area contributed by atoms with Crippen molar-refractivity contribution in [1.29, 1.82) is 0 Å². The topological polar surface area (TPSA) is 80.7 Å². The molecule has 1 aromatic rings. The summed E-state index contributed by atoms with van der Waals surface area (Å²) in [4.78, 5) is 10.8. The number of hydrogen-bond acceptors (Lipinski definition) is 4. The highest BCUT2D eigenvalue weighted by Crippen LogP contribution is 2.21. The lowest BCUT2D eigenvalue weighted by Crippen LogP contribution is -2.23. The first-order valence-corrected chi connectivity index (χ1v) is 8.74. The molecule has 1 N–H and O–H groups in total. The third-order valence-corrected chi connectivity index (χ3v) is 5.61. The molecule has 1 saturated heterocycles. The van der Waals surface area contributed by atoms with E-state index >= 15 is 0 Å². The van der Waals surface area contributed by atoms with E-state index in [0.29, 0.717) is 24.5 Å². The molecule has 0 aliphatic carbocycles. The Morgan fingerprint density at radius 2 is 1.81 bits per heavy atom. The van der Waals surface area contributed by atoms with Crippen molar-refractivity contribution in [2.45, 2.75) is 30.6 Å². The number of hydrogen-bond donors (Lipinski definition) is 1. The number of benzene rings is 1. The average molecular weight is 312 g/mol. The third-order valence-electron chi connectivity index (χ3n) is 3.71. The molecule has 0 unspecified atom stereocenters. The van der Waals surface area contributed by atoms with Crippen LogP contribution in [0.25, 0.3) is 0 Å². The summed E-state index contributed by atoms with van der Waals surface area (Å²) in [5, 5.41) is 8.63. The summed E-state index contributed by atoms with van der Waals surface area (Å²) in [5.41, 5.74) is 0.836. The minimum Gasteiger partial charge on any atom is -0.481 e. The van der Waals surface area contributed by atoms with Crippen molar-refractivity contribution in [1.82, 2.24) is 0 Å². The normalized spacial score (nSPS) is 16.8. The Bertz CT molecular complexity index is 571. The molecule has 21 heavy (non-hydrogen) atoms. The van der Waals surface area contributed by atoms with Gasteiger partial charge in [0.2, 0.25) is 0 Å². The standard InChI is InChI=1S/C15H20O5S/c16-15(17)6-3-12-1-4-14(5-2-12)21(18,19)11-13-7-9-20-10-8-13/h1-2,4-5,13H,3,6-11H2,(H,16,17). The molecule has 6 heteroatoms. The van der Waals surface area contributed by atoms with Crippen molar-refractivity contribution in [2.24, 2.45) is 5.92 Å². The van der Waals surface area contributed by atoms with Gasteiger partial charge in [0.25, 0.3) is 0 Å². The average Bonchev–Trinajstić information content (AvgIpc) is 2.46. The van der Waals surface area contributed by atoms with Gasteiger partial charge in [-0.3, -0.25) is 4.79 Å². The zero-order valence-corrected chi connectivity index (χ0v) is 12.6. The van der Waals surface area contributed by atoms with Crippen LogP contribution in [0.4, 0.5) is 0 Å². The highest BCUT2D eigenvalue weighted by molar-refractivity contribution is 7.91. The summed E-state index contributed by atoms with van der Waals surface area (Å²) in [6, 6.07) is 6.54. The SMILES string of the molecule is O=C(O)CCc1ccc(S(=O)(=O)CC2CCOCC2)cc1. The molecule has 2 rings (SSSR count). The summed E-state index contributed by atoms with van der Waals surface area (Å²) < 4.78 is 29.9. The Balaban J connectivity index is 2.00. The van der Waals surface area contributed by atoms with Gasteiger partial charge in [-0.1, -0.05) is 12.1 Å². The van der Waals surface area contributed by atoms with Crippen LogP contribution in [0.2, 0.25) is 0 Å². The second kappa shape index (κ2) is 7.04. The van der Waals surface area contributed by atoms with E-state index in [1.165, 1.54) is 0 Å². The fourth-order valence-electron chi connectivity index (χ4n) is 2.43. The molecule has 0 amide bonds. The molecule has 0 saturated carbocycles. The summed E-state index contributed by atoms with van der Waals surface area (Å²) in [6.07, 6.45) is 2.04. The molecule has 1 aliphatic rings. The van der Waals surface area contributed by atoms with E-state index < -0.39 is 15.8 Å². The van der Waals surface area contributed by atoms with Gasteiger partial charge in [0.15, 0.2) is 9.84 Å². The molecule has 116 valence electrons. The maximum absolute atomic E-state index is 12.3. The predicted octanol–water partition coefficient (Wildman–Crippen LogP) is 1.90. The van der Waals surface area contributed by atoms with Crippen LogP contribution >= 0.6 is 0 Å². The van der Waals surface area contributed by atoms with Gasteiger partial charge in [0, 0.05) is 19.6 Å². The number of rotatable bonds is 6. The number of sulfone groups is 1. The zero-order valence-electron chi connectivity index (χ0n) is 11.8. The molecule has 0 aromatic heterocycles. The number of carbonyl (C=O) groups is 1. The van der Waals surface area contributed by atoms with E-state index in [2.05, 4.69) is 0 Å². The first-order chi connectivity index (χ1) is 9.97. The van der Waals surface area contributed by atoms with Gasteiger partial charge in [-0.15, -0.1) is 0 Å². The van der Waals surface area contributed by atoms with Crippen molar-refractivity contribution in [3.05, 3.63) is 29.8 Å². The largest absolute Gasteiger partial charge is 0.481 e. The Morgan fingerprint density at radius 1 is 1.19 bits per heavy atom. The molecule has 5 nitrogen and oxygen atoms in total. The van der Waals surface area contributed by atoms with E-state index in [1.807, 2.05) is 0 Å². The van der Waals surface area contributed by atoms with Gasteiger partial charge in [0.1, 0.15) is 0 Å². The summed E-state index contributed by atoms with van der Waals surface area (Å²) >= 11 is 0. The Kier molecular flexibility index (Phi) is 5.36. The second-order valence-corrected chi connectivity index (χ2v) is 7.41. The molecule has 0 radical (unpaired) electrons. The molecule has 0 spiro atoms. The van der Waals surface area contributed by atoms with Crippen LogP contribution in [0.3, 0.4) is 0 Å². The molecule has 0 atom stereocenters. The Labute approximate surface area is 124 Å². The number of carboxylic acids is 1. The summed E-state index contributed by atoms with van der Waals surface area (Å²) in [7, 11) is -3.28. The van der Waals surface area contributed by atoms with E-state index in [0.717, 1.165) is 18.4 Å². The van der Waals surface area contributed by atoms with Crippen LogP contribution in [-0.2, 0) is 25.8 Å². The number of ether oxygens (including phenoxy) is 1. The van der Waals surface area contributed by atoms with Gasteiger partial charge in [-0.2, -0.15) is 0 Å². The van der Waals surface area contributed by atoms with E-state index in [9.17, 15) is 13.2 Å². The predicted molar refractivity (Wildman–Crippen MR) is 78.0 cm³/mol. The highest BCUT2D eigenvalue weighted by atomic mass is 32.2. The first kappa shape index (κ1) is 16.0. The van der Waals surface area contributed by atoms with Gasteiger partial charge >= 0.3 is 5.97 Å². The van der Waals surface area contributed by atoms with Gasteiger partial charge in [0.05, 0.1) is 10.6 Å². The van der Waals surface area contributed by atoms with Crippen molar-refractivity contribution < 1.29 is 23.1 Å². The molecule has 1 fully saturated rings. The Hall–Kier alpha value is -1.40. The van der Waals surface area contributed by atoms with Crippen molar-refractivity contribution in [3.63, 3.8) is 0 Å². The number of aliphatic carboxylic acids is 1. The molecular weight excluding hydrogens is 292 g/mol. The summed E-state index contributed by atoms with van der Waals surface area (Å²) in [6.45, 7) is 1.27. The molecule has 1 aromatic carbocycles. The smallest absolute Gasteiger partial charge is 0.303 e. The molecular formula is C15H20O5S. The van der Waals surface area contributed by atoms with Gasteiger partial charge in [-0.25, -0.2) is 8.42 Å². The van der Waals surface area contributed by atoms with Crippen LogP contribution in [0, 0.1) is 5.92 Å². The molecule has 1 aliphatic heterocycles. The van der Waals surface area contributed by atoms with Gasteiger partial charge in [-0.05, 0) is 42.9 Å². The lowest BCUT2D eigenvalue weighted by molar-refractivity contribution is -0.136. The fraction of sp³-hybridized carbons (Fsp3) is 0.533. The van der Waals surface area contributed by atoms with E-state index in [4.69, 9.17) is 9.84 Å². The Morgan fingerprint density at radius 3 is 2.38 bits per heavy atom. The molecule has 1 heterocycles. The van der Waals surface area contributed by atoms with Crippen LogP contribution < -0.4 is 0 Å². The van der Waals surface area contributed by atoms with Crippen molar-refractivity contribution >= 4 is 15.8 Å². The molecule has 0 bridgehead atoms. The second-order valence-electron chi connectivity index (χ2n) is 5.37. The lowest BCUT2D eigenvalue weighted by atomic mass is 10.0. The third kappa shape index (κ3) is 4.82. The monoisotopic (exact) mass is 312 g/mol. The minimum atomic E-state index is -3.28. The number of aryl methyl sites for hydroxylation is 1. The van der Waals surface area contributed by atoms with Crippen LogP contribution in [0.15, 0.2) is 29.2 Å². The maximum atomic E-state index is 12.3.